The van der Waals surface area contributed by atoms with E-state index in [1.54, 1.807) is 19.1 Å². The molecule has 2 aliphatic rings. The van der Waals surface area contributed by atoms with E-state index >= 15 is 0 Å². The molecule has 2 heterocycles. The van der Waals surface area contributed by atoms with Gasteiger partial charge in [0.05, 0.1) is 23.9 Å². The van der Waals surface area contributed by atoms with Crippen LogP contribution in [0.4, 0.5) is 5.69 Å². The van der Waals surface area contributed by atoms with E-state index in [-0.39, 0.29) is 24.5 Å². The summed E-state index contributed by atoms with van der Waals surface area (Å²) in [6.45, 7) is 7.83. The van der Waals surface area contributed by atoms with Crippen molar-refractivity contribution in [3.63, 3.8) is 0 Å². The van der Waals surface area contributed by atoms with Crippen LogP contribution in [0.15, 0.2) is 70.3 Å². The normalized spacial score (nSPS) is 16.8. The molecule has 0 aromatic heterocycles. The Morgan fingerprint density at radius 3 is 2.56 bits per heavy atom. The number of carbonyl (C=O) groups is 2. The maximum atomic E-state index is 12.7. The Bertz CT molecular complexity index is 1200. The van der Waals surface area contributed by atoms with Gasteiger partial charge in [-0.05, 0) is 74.1 Å². The maximum Gasteiger partial charge on any atom is 0.338 e. The molecule has 0 radical (unpaired) electrons. The fraction of sp³-hybridized carbons (Fsp3) is 0.269. The number of thioether (sulfide) groups is 1. The molecule has 1 unspecified atom stereocenters. The third-order valence-corrected chi connectivity index (χ3v) is 6.44. The highest BCUT2D eigenvalue weighted by atomic mass is 32.2. The van der Waals surface area contributed by atoms with E-state index < -0.39 is 0 Å². The molecule has 0 fully saturated rings. The molecular formula is C26H27N3O4S. The average Bonchev–Trinajstić information content (AvgIpc) is 3.28. The second kappa shape index (κ2) is 10.2. The molecule has 0 bridgehead atoms. The van der Waals surface area contributed by atoms with E-state index in [0.717, 1.165) is 22.0 Å². The first kappa shape index (κ1) is 23.6. The number of rotatable bonds is 7. The van der Waals surface area contributed by atoms with Crippen molar-refractivity contribution in [2.75, 3.05) is 18.5 Å². The number of aryl methyl sites for hydroxylation is 2. The number of benzene rings is 2. The van der Waals surface area contributed by atoms with Crippen molar-refractivity contribution in [3.05, 3.63) is 82.0 Å². The molecule has 2 aromatic rings. The van der Waals surface area contributed by atoms with Crippen molar-refractivity contribution in [2.24, 2.45) is 4.99 Å². The Hall–Kier alpha value is -3.52. The number of ether oxygens (including phenoxy) is 2. The minimum absolute atomic E-state index is 0.106. The molecule has 0 saturated carbocycles. The van der Waals surface area contributed by atoms with E-state index in [0.29, 0.717) is 23.6 Å². The van der Waals surface area contributed by atoms with Gasteiger partial charge in [-0.2, -0.15) is 0 Å². The number of hydrogen-bond donors (Lipinski definition) is 1. The largest absolute Gasteiger partial charge is 0.484 e. The van der Waals surface area contributed by atoms with Gasteiger partial charge in [0.2, 0.25) is 0 Å². The lowest BCUT2D eigenvalue weighted by atomic mass is 9.95. The Morgan fingerprint density at radius 1 is 1.09 bits per heavy atom. The molecule has 0 spiro atoms. The van der Waals surface area contributed by atoms with Crippen molar-refractivity contribution in [1.82, 2.24) is 4.90 Å². The Morgan fingerprint density at radius 2 is 1.85 bits per heavy atom. The summed E-state index contributed by atoms with van der Waals surface area (Å²) in [4.78, 5) is 31.6. The lowest BCUT2D eigenvalue weighted by Crippen LogP contribution is -2.34. The molecule has 2 aromatic carbocycles. The van der Waals surface area contributed by atoms with Crippen LogP contribution in [-0.4, -0.2) is 35.2 Å². The zero-order valence-electron chi connectivity index (χ0n) is 19.6. The van der Waals surface area contributed by atoms with Gasteiger partial charge in [-0.3, -0.25) is 4.79 Å². The topological polar surface area (TPSA) is 80.2 Å². The van der Waals surface area contributed by atoms with Crippen molar-refractivity contribution >= 4 is 34.5 Å². The number of allylic oxidation sites excluding steroid dienone is 1. The van der Waals surface area contributed by atoms with E-state index in [4.69, 9.17) is 9.47 Å². The second-order valence-electron chi connectivity index (χ2n) is 8.03. The minimum atomic E-state index is -0.374. The first-order chi connectivity index (χ1) is 16.4. The molecule has 2 aliphatic heterocycles. The van der Waals surface area contributed by atoms with E-state index in [1.807, 2.05) is 67.6 Å². The maximum absolute atomic E-state index is 12.7. The van der Waals surface area contributed by atoms with Gasteiger partial charge in [-0.25, -0.2) is 9.79 Å². The molecule has 0 aliphatic carbocycles. The number of nitrogens with one attached hydrogen (secondary N) is 1. The fourth-order valence-corrected chi connectivity index (χ4v) is 4.60. The summed E-state index contributed by atoms with van der Waals surface area (Å²) in [5.41, 5.74) is 5.09. The van der Waals surface area contributed by atoms with E-state index in [2.05, 4.69) is 10.3 Å². The molecular weight excluding hydrogens is 450 g/mol. The number of amides is 1. The summed E-state index contributed by atoms with van der Waals surface area (Å²) in [5.74, 6) is -0.0438. The minimum Gasteiger partial charge on any atom is -0.484 e. The number of aliphatic imine (C=N–C) groups is 1. The molecule has 0 saturated heterocycles. The third-order valence-electron chi connectivity index (χ3n) is 5.67. The predicted octanol–water partition coefficient (Wildman–Crippen LogP) is 5.09. The van der Waals surface area contributed by atoms with Crippen LogP contribution < -0.4 is 10.1 Å². The van der Waals surface area contributed by atoms with Gasteiger partial charge < -0.3 is 19.7 Å². The highest BCUT2D eigenvalue weighted by Gasteiger charge is 2.37. The summed E-state index contributed by atoms with van der Waals surface area (Å²) >= 11 is 1.51. The number of anilines is 1. The second-order valence-corrected chi connectivity index (χ2v) is 8.90. The van der Waals surface area contributed by atoms with Gasteiger partial charge >= 0.3 is 5.97 Å². The van der Waals surface area contributed by atoms with E-state index in [9.17, 15) is 9.59 Å². The summed E-state index contributed by atoms with van der Waals surface area (Å²) in [5, 5.41) is 5.61. The van der Waals surface area contributed by atoms with Crippen molar-refractivity contribution in [1.29, 1.82) is 0 Å². The Balaban J connectivity index is 1.46. The number of amidine groups is 1. The Labute approximate surface area is 203 Å². The lowest BCUT2D eigenvalue weighted by molar-refractivity contribution is -0.139. The number of esters is 1. The molecule has 1 atom stereocenters. The summed E-state index contributed by atoms with van der Waals surface area (Å²) in [7, 11) is 0. The highest BCUT2D eigenvalue weighted by molar-refractivity contribution is 8.16. The first-order valence-electron chi connectivity index (χ1n) is 11.1. The molecule has 8 heteroatoms. The van der Waals surface area contributed by atoms with Crippen molar-refractivity contribution in [3.8, 4) is 5.75 Å². The van der Waals surface area contributed by atoms with Crippen LogP contribution in [-0.2, 0) is 14.3 Å². The molecule has 1 N–H and O–H groups in total. The van der Waals surface area contributed by atoms with Crippen LogP contribution in [0.5, 0.6) is 5.75 Å². The number of nitrogens with zero attached hydrogens (tertiary/aromatic N) is 2. The summed E-state index contributed by atoms with van der Waals surface area (Å²) in [6, 6.07) is 12.8. The lowest BCUT2D eigenvalue weighted by Gasteiger charge is -2.33. The smallest absolute Gasteiger partial charge is 0.338 e. The molecule has 4 rings (SSSR count). The zero-order valence-corrected chi connectivity index (χ0v) is 20.4. The van der Waals surface area contributed by atoms with Gasteiger partial charge in [0.1, 0.15) is 5.75 Å². The van der Waals surface area contributed by atoms with Crippen LogP contribution in [0, 0.1) is 13.8 Å². The summed E-state index contributed by atoms with van der Waals surface area (Å²) in [6.07, 6.45) is 1.92. The highest BCUT2D eigenvalue weighted by Crippen LogP contribution is 2.41. The van der Waals surface area contributed by atoms with Gasteiger partial charge in [0.25, 0.3) is 5.91 Å². The zero-order chi connectivity index (χ0) is 24.2. The monoisotopic (exact) mass is 477 g/mol. The molecule has 1 amide bonds. The number of hydrogen-bond acceptors (Lipinski definition) is 7. The number of carbonyl (C=O) groups excluding carboxylic acids is 2. The van der Waals surface area contributed by atoms with Crippen LogP contribution in [0.25, 0.3) is 0 Å². The fourth-order valence-electron chi connectivity index (χ4n) is 3.81. The first-order valence-corrected chi connectivity index (χ1v) is 11.9. The van der Waals surface area contributed by atoms with Gasteiger partial charge in [0, 0.05) is 11.9 Å². The quantitative estimate of drug-likeness (QED) is 0.560. The van der Waals surface area contributed by atoms with E-state index in [1.165, 1.54) is 17.3 Å². The van der Waals surface area contributed by atoms with Crippen LogP contribution in [0.2, 0.25) is 0 Å². The molecule has 7 nitrogen and oxygen atoms in total. The van der Waals surface area contributed by atoms with Gasteiger partial charge in [-0.1, -0.05) is 30.0 Å². The SMILES string of the molecule is CCOC(=O)C1=C(C)N=C2SC=CN2C1c1ccc(OCC(=O)Nc2ccc(C)c(C)c2)cc1. The van der Waals surface area contributed by atoms with Crippen LogP contribution in [0.3, 0.4) is 0 Å². The molecule has 176 valence electrons. The van der Waals surface area contributed by atoms with Crippen molar-refractivity contribution < 1.29 is 19.1 Å². The van der Waals surface area contributed by atoms with Gasteiger partial charge in [-0.15, -0.1) is 0 Å². The van der Waals surface area contributed by atoms with Crippen molar-refractivity contribution in [2.45, 2.75) is 33.7 Å². The number of fused-ring (bicyclic) bond motifs is 1. The van der Waals surface area contributed by atoms with Crippen LogP contribution >= 0.6 is 11.8 Å². The third kappa shape index (κ3) is 5.02. The molecule has 34 heavy (non-hydrogen) atoms. The predicted molar refractivity (Wildman–Crippen MR) is 135 cm³/mol. The van der Waals surface area contributed by atoms with Crippen LogP contribution in [0.1, 0.15) is 36.6 Å². The Kier molecular flexibility index (Phi) is 7.07. The standard InChI is InChI=1S/C26H27N3O4S/c1-5-32-25(31)23-18(4)27-26-29(12-13-34-26)24(23)19-7-10-21(11-8-19)33-15-22(30)28-20-9-6-16(2)17(3)14-20/h6-14,24H,5,15H2,1-4H3,(H,28,30). The van der Waals surface area contributed by atoms with Gasteiger partial charge in [0.15, 0.2) is 11.8 Å². The average molecular weight is 478 g/mol. The summed E-state index contributed by atoms with van der Waals surface area (Å²) < 4.78 is 11.0.